The molecule has 7 nitrogen and oxygen atoms in total. The minimum Gasteiger partial charge on any atom is -0.368 e. The Labute approximate surface area is 152 Å². The van der Waals surface area contributed by atoms with E-state index in [-0.39, 0.29) is 0 Å². The van der Waals surface area contributed by atoms with Crippen LogP contribution in [-0.4, -0.2) is 46.3 Å². The number of hydrogen-bond acceptors (Lipinski definition) is 7. The minimum atomic E-state index is 0.527. The van der Waals surface area contributed by atoms with Gasteiger partial charge in [-0.3, -0.25) is 4.98 Å². The van der Waals surface area contributed by atoms with Crippen LogP contribution >= 0.6 is 0 Å². The van der Waals surface area contributed by atoms with Crippen molar-refractivity contribution in [2.45, 2.75) is 6.54 Å². The summed E-state index contributed by atoms with van der Waals surface area (Å²) in [7, 11) is 0. The van der Waals surface area contributed by atoms with Crippen LogP contribution in [0.1, 0.15) is 5.69 Å². The molecule has 1 aromatic carbocycles. The normalized spacial score (nSPS) is 14.3. The number of benzene rings is 1. The molecule has 2 aromatic heterocycles. The zero-order valence-electron chi connectivity index (χ0n) is 14.5. The Kier molecular flexibility index (Phi) is 4.86. The van der Waals surface area contributed by atoms with E-state index < -0.39 is 0 Å². The van der Waals surface area contributed by atoms with Gasteiger partial charge in [-0.05, 0) is 24.3 Å². The largest absolute Gasteiger partial charge is 0.368 e. The van der Waals surface area contributed by atoms with E-state index >= 15 is 0 Å². The first kappa shape index (κ1) is 16.3. The van der Waals surface area contributed by atoms with Gasteiger partial charge in [0.15, 0.2) is 5.82 Å². The summed E-state index contributed by atoms with van der Waals surface area (Å²) < 4.78 is 0. The van der Waals surface area contributed by atoms with Crippen LogP contribution in [0.2, 0.25) is 0 Å². The predicted octanol–water partition coefficient (Wildman–Crippen LogP) is 2.21. The minimum absolute atomic E-state index is 0.527. The van der Waals surface area contributed by atoms with E-state index in [1.807, 2.05) is 24.3 Å². The van der Waals surface area contributed by atoms with E-state index in [9.17, 15) is 0 Å². The van der Waals surface area contributed by atoms with E-state index in [4.69, 9.17) is 0 Å². The number of piperazine rings is 1. The quantitative estimate of drug-likeness (QED) is 0.759. The fourth-order valence-electron chi connectivity index (χ4n) is 3.03. The lowest BCUT2D eigenvalue weighted by atomic mass is 10.2. The fraction of sp³-hybridized carbons (Fsp3) is 0.263. The molecule has 0 radical (unpaired) electrons. The number of nitrogens with one attached hydrogen (secondary N) is 1. The zero-order valence-corrected chi connectivity index (χ0v) is 14.5. The van der Waals surface area contributed by atoms with Crippen molar-refractivity contribution in [3.05, 3.63) is 66.6 Å². The van der Waals surface area contributed by atoms with Crippen LogP contribution in [0.25, 0.3) is 0 Å². The van der Waals surface area contributed by atoms with Gasteiger partial charge < -0.3 is 15.1 Å². The third kappa shape index (κ3) is 3.88. The topological polar surface area (TPSA) is 70.1 Å². The molecule has 1 N–H and O–H groups in total. The van der Waals surface area contributed by atoms with Crippen molar-refractivity contribution in [1.29, 1.82) is 0 Å². The maximum absolute atomic E-state index is 4.60. The van der Waals surface area contributed by atoms with E-state index in [2.05, 4.69) is 59.5 Å². The fourth-order valence-corrected chi connectivity index (χ4v) is 3.03. The SMILES string of the molecule is c1ccc(N2CCN(c3cnnc(NCc4ccccn4)n3)CC2)cc1. The average molecular weight is 347 g/mol. The molecule has 0 bridgehead atoms. The summed E-state index contributed by atoms with van der Waals surface area (Å²) in [5.74, 6) is 1.38. The molecule has 26 heavy (non-hydrogen) atoms. The molecule has 1 aliphatic heterocycles. The number of hydrogen-bond donors (Lipinski definition) is 1. The summed E-state index contributed by atoms with van der Waals surface area (Å²) in [6.45, 7) is 4.32. The van der Waals surface area contributed by atoms with Gasteiger partial charge in [0, 0.05) is 38.1 Å². The second kappa shape index (κ2) is 7.77. The molecule has 0 spiro atoms. The molecule has 0 unspecified atom stereocenters. The van der Waals surface area contributed by atoms with Crippen LogP contribution in [0.5, 0.6) is 0 Å². The number of pyridine rings is 1. The van der Waals surface area contributed by atoms with E-state index in [0.29, 0.717) is 12.5 Å². The molecular weight excluding hydrogens is 326 g/mol. The Balaban J connectivity index is 1.36. The molecule has 1 fully saturated rings. The molecular formula is C19H21N7. The number of nitrogens with zero attached hydrogens (tertiary/aromatic N) is 6. The van der Waals surface area contributed by atoms with Gasteiger partial charge >= 0.3 is 0 Å². The molecule has 0 amide bonds. The Morgan fingerprint density at radius 1 is 0.885 bits per heavy atom. The maximum atomic E-state index is 4.60. The second-order valence-electron chi connectivity index (χ2n) is 6.12. The third-order valence-electron chi connectivity index (χ3n) is 4.42. The van der Waals surface area contributed by atoms with Crippen molar-refractivity contribution in [1.82, 2.24) is 20.2 Å². The van der Waals surface area contributed by atoms with Crippen LogP contribution < -0.4 is 15.1 Å². The molecule has 1 saturated heterocycles. The Hall–Kier alpha value is -3.22. The smallest absolute Gasteiger partial charge is 0.245 e. The molecule has 4 rings (SSSR count). The van der Waals surface area contributed by atoms with Gasteiger partial charge in [0.05, 0.1) is 18.4 Å². The van der Waals surface area contributed by atoms with Crippen molar-refractivity contribution in [2.75, 3.05) is 41.3 Å². The van der Waals surface area contributed by atoms with Gasteiger partial charge in [0.1, 0.15) is 0 Å². The highest BCUT2D eigenvalue weighted by atomic mass is 15.3. The molecule has 0 saturated carbocycles. The summed E-state index contributed by atoms with van der Waals surface area (Å²) >= 11 is 0. The lowest BCUT2D eigenvalue weighted by molar-refractivity contribution is 0.644. The van der Waals surface area contributed by atoms with Crippen molar-refractivity contribution in [2.24, 2.45) is 0 Å². The second-order valence-corrected chi connectivity index (χ2v) is 6.12. The Morgan fingerprint density at radius 2 is 1.65 bits per heavy atom. The summed E-state index contributed by atoms with van der Waals surface area (Å²) in [5.41, 5.74) is 2.21. The lowest BCUT2D eigenvalue weighted by Gasteiger charge is -2.36. The highest BCUT2D eigenvalue weighted by molar-refractivity contribution is 5.49. The van der Waals surface area contributed by atoms with Crippen LogP contribution in [0.3, 0.4) is 0 Å². The molecule has 1 aliphatic rings. The van der Waals surface area contributed by atoms with Gasteiger partial charge in [0.25, 0.3) is 0 Å². The summed E-state index contributed by atoms with van der Waals surface area (Å²) in [4.78, 5) is 13.5. The van der Waals surface area contributed by atoms with Gasteiger partial charge in [-0.2, -0.15) is 10.1 Å². The monoisotopic (exact) mass is 347 g/mol. The third-order valence-corrected chi connectivity index (χ3v) is 4.42. The molecule has 7 heteroatoms. The maximum Gasteiger partial charge on any atom is 0.245 e. The average Bonchev–Trinajstić information content (AvgIpc) is 2.74. The predicted molar refractivity (Wildman–Crippen MR) is 102 cm³/mol. The molecule has 132 valence electrons. The first-order valence-electron chi connectivity index (χ1n) is 8.77. The van der Waals surface area contributed by atoms with Gasteiger partial charge in [-0.15, -0.1) is 5.10 Å². The van der Waals surface area contributed by atoms with E-state index in [0.717, 1.165) is 37.7 Å². The van der Waals surface area contributed by atoms with Crippen molar-refractivity contribution >= 4 is 17.5 Å². The van der Waals surface area contributed by atoms with Crippen LogP contribution in [0.15, 0.2) is 60.9 Å². The number of anilines is 3. The van der Waals surface area contributed by atoms with E-state index in [1.165, 1.54) is 5.69 Å². The first-order valence-corrected chi connectivity index (χ1v) is 8.77. The van der Waals surface area contributed by atoms with Gasteiger partial charge in [-0.1, -0.05) is 24.3 Å². The molecule has 3 aromatic rings. The van der Waals surface area contributed by atoms with E-state index in [1.54, 1.807) is 12.4 Å². The highest BCUT2D eigenvalue weighted by Crippen LogP contribution is 2.19. The van der Waals surface area contributed by atoms with Gasteiger partial charge in [-0.25, -0.2) is 0 Å². The Bertz CT molecular complexity index is 818. The lowest BCUT2D eigenvalue weighted by Crippen LogP contribution is -2.46. The van der Waals surface area contributed by atoms with Crippen LogP contribution in [0.4, 0.5) is 17.5 Å². The van der Waals surface area contributed by atoms with Crippen LogP contribution in [-0.2, 0) is 6.54 Å². The van der Waals surface area contributed by atoms with Crippen molar-refractivity contribution in [3.63, 3.8) is 0 Å². The number of rotatable bonds is 5. The molecule has 0 aliphatic carbocycles. The zero-order chi connectivity index (χ0) is 17.6. The standard InChI is InChI=1S/C19H21N7/c1-2-7-17(8-3-1)25-10-12-26(13-11-25)18-15-22-24-19(23-18)21-14-16-6-4-5-9-20-16/h1-9,15H,10-14H2,(H,21,23,24). The van der Waals surface area contributed by atoms with Crippen molar-refractivity contribution < 1.29 is 0 Å². The summed E-state index contributed by atoms with van der Waals surface area (Å²) in [6.07, 6.45) is 3.50. The van der Waals surface area contributed by atoms with Crippen molar-refractivity contribution in [3.8, 4) is 0 Å². The number of aromatic nitrogens is 4. The van der Waals surface area contributed by atoms with Gasteiger partial charge in [0.2, 0.25) is 5.95 Å². The highest BCUT2D eigenvalue weighted by Gasteiger charge is 2.19. The molecule has 0 atom stereocenters. The summed E-state index contributed by atoms with van der Waals surface area (Å²) in [6, 6.07) is 16.3. The number of para-hydroxylation sites is 1. The molecule has 3 heterocycles. The first-order chi connectivity index (χ1) is 12.9. The Morgan fingerprint density at radius 3 is 2.42 bits per heavy atom. The summed E-state index contributed by atoms with van der Waals surface area (Å²) in [5, 5.41) is 11.4. The van der Waals surface area contributed by atoms with Crippen LogP contribution in [0, 0.1) is 0 Å².